The first-order valence-corrected chi connectivity index (χ1v) is 8.00. The SMILES string of the molecule is CC1CN(C2C=CS(=O)(=O)C2)C(C(C)C)CN1. The predicted octanol–water partition coefficient (Wildman–Crippen LogP) is 0.615. The standard InChI is InChI=1S/C12H22N2O2S/c1-9(2)12-6-13-10(3)7-14(12)11-4-5-17(15,16)8-11/h4-5,9-13H,6-8H2,1-3H3. The third kappa shape index (κ3) is 2.89. The van der Waals surface area contributed by atoms with Crippen molar-refractivity contribution in [2.45, 2.75) is 38.9 Å². The first kappa shape index (κ1) is 13.1. The van der Waals surface area contributed by atoms with E-state index in [4.69, 9.17) is 0 Å². The molecule has 1 N–H and O–H groups in total. The van der Waals surface area contributed by atoms with Crippen molar-refractivity contribution in [1.82, 2.24) is 10.2 Å². The molecule has 0 aromatic heterocycles. The molecule has 0 aromatic rings. The number of sulfone groups is 1. The van der Waals surface area contributed by atoms with Gasteiger partial charge < -0.3 is 5.32 Å². The molecule has 17 heavy (non-hydrogen) atoms. The lowest BCUT2D eigenvalue weighted by Gasteiger charge is -2.44. The van der Waals surface area contributed by atoms with Gasteiger partial charge in [-0.1, -0.05) is 19.9 Å². The van der Waals surface area contributed by atoms with Gasteiger partial charge in [-0.15, -0.1) is 0 Å². The Morgan fingerprint density at radius 1 is 1.41 bits per heavy atom. The van der Waals surface area contributed by atoms with Crippen LogP contribution in [0, 0.1) is 5.92 Å². The molecule has 0 amide bonds. The second-order valence-electron chi connectivity index (χ2n) is 5.54. The van der Waals surface area contributed by atoms with E-state index in [2.05, 4.69) is 31.0 Å². The highest BCUT2D eigenvalue weighted by atomic mass is 32.2. The van der Waals surface area contributed by atoms with Gasteiger partial charge in [-0.25, -0.2) is 8.42 Å². The number of hydrogen-bond acceptors (Lipinski definition) is 4. The van der Waals surface area contributed by atoms with Crippen LogP contribution in [0.3, 0.4) is 0 Å². The average Bonchev–Trinajstić information content (AvgIpc) is 2.58. The molecule has 1 saturated heterocycles. The van der Waals surface area contributed by atoms with Crippen molar-refractivity contribution in [1.29, 1.82) is 0 Å². The summed E-state index contributed by atoms with van der Waals surface area (Å²) in [6.07, 6.45) is 1.85. The molecule has 0 aromatic carbocycles. The molecular formula is C12H22N2O2S. The first-order chi connectivity index (χ1) is 7.89. The van der Waals surface area contributed by atoms with Gasteiger partial charge in [-0.2, -0.15) is 0 Å². The minimum Gasteiger partial charge on any atom is -0.311 e. The molecule has 0 aliphatic carbocycles. The summed E-state index contributed by atoms with van der Waals surface area (Å²) in [5.74, 6) is 0.787. The zero-order chi connectivity index (χ0) is 12.6. The number of nitrogens with one attached hydrogen (secondary N) is 1. The minimum atomic E-state index is -2.95. The average molecular weight is 258 g/mol. The Balaban J connectivity index is 2.14. The highest BCUT2D eigenvalue weighted by molar-refractivity contribution is 7.94. The molecule has 3 atom stereocenters. The fraction of sp³-hybridized carbons (Fsp3) is 0.833. The van der Waals surface area contributed by atoms with E-state index in [1.807, 2.05) is 6.08 Å². The van der Waals surface area contributed by atoms with Crippen LogP contribution in [0.4, 0.5) is 0 Å². The smallest absolute Gasteiger partial charge is 0.173 e. The summed E-state index contributed by atoms with van der Waals surface area (Å²) < 4.78 is 23.0. The fourth-order valence-electron chi connectivity index (χ4n) is 2.72. The van der Waals surface area contributed by atoms with Crippen LogP contribution in [0.5, 0.6) is 0 Å². The summed E-state index contributed by atoms with van der Waals surface area (Å²) in [4.78, 5) is 2.35. The molecule has 98 valence electrons. The lowest BCUT2D eigenvalue weighted by Crippen LogP contribution is -2.60. The second-order valence-corrected chi connectivity index (χ2v) is 7.47. The van der Waals surface area contributed by atoms with Crippen molar-refractivity contribution in [3.05, 3.63) is 11.5 Å². The summed E-state index contributed by atoms with van der Waals surface area (Å²) in [6, 6.07) is 0.924. The van der Waals surface area contributed by atoms with Gasteiger partial charge in [0.1, 0.15) is 0 Å². The Morgan fingerprint density at radius 3 is 2.65 bits per heavy atom. The molecule has 2 aliphatic heterocycles. The van der Waals surface area contributed by atoms with Crippen LogP contribution in [0.15, 0.2) is 11.5 Å². The maximum atomic E-state index is 11.5. The van der Waals surface area contributed by atoms with E-state index in [9.17, 15) is 8.42 Å². The van der Waals surface area contributed by atoms with Gasteiger partial charge in [0.05, 0.1) is 5.75 Å². The molecule has 0 radical (unpaired) electrons. The van der Waals surface area contributed by atoms with Crippen LogP contribution < -0.4 is 5.32 Å². The molecule has 4 nitrogen and oxygen atoms in total. The van der Waals surface area contributed by atoms with Gasteiger partial charge in [0, 0.05) is 36.6 Å². The normalized spacial score (nSPS) is 37.8. The van der Waals surface area contributed by atoms with Crippen molar-refractivity contribution < 1.29 is 8.42 Å². The third-order valence-corrected chi connectivity index (χ3v) is 5.07. The van der Waals surface area contributed by atoms with E-state index >= 15 is 0 Å². The summed E-state index contributed by atoms with van der Waals surface area (Å²) in [5.41, 5.74) is 0. The van der Waals surface area contributed by atoms with Crippen molar-refractivity contribution in [3.63, 3.8) is 0 Å². The van der Waals surface area contributed by atoms with Crippen LogP contribution in [-0.4, -0.2) is 50.3 Å². The summed E-state index contributed by atoms with van der Waals surface area (Å²) in [5, 5.41) is 4.85. The van der Waals surface area contributed by atoms with Crippen LogP contribution in [0.25, 0.3) is 0 Å². The number of hydrogen-bond donors (Lipinski definition) is 1. The van der Waals surface area contributed by atoms with E-state index in [-0.39, 0.29) is 11.8 Å². The summed E-state index contributed by atoms with van der Waals surface area (Å²) in [7, 11) is -2.95. The fourth-order valence-corrected chi connectivity index (χ4v) is 4.03. The van der Waals surface area contributed by atoms with Crippen molar-refractivity contribution in [2.24, 2.45) is 5.92 Å². The predicted molar refractivity (Wildman–Crippen MR) is 69.5 cm³/mol. The van der Waals surface area contributed by atoms with Crippen LogP contribution in [0.2, 0.25) is 0 Å². The molecule has 1 fully saturated rings. The molecule has 2 heterocycles. The van der Waals surface area contributed by atoms with Gasteiger partial charge >= 0.3 is 0 Å². The Hall–Kier alpha value is -0.390. The molecule has 0 bridgehead atoms. The number of piperazine rings is 1. The van der Waals surface area contributed by atoms with Gasteiger partial charge in [0.15, 0.2) is 9.84 Å². The largest absolute Gasteiger partial charge is 0.311 e. The van der Waals surface area contributed by atoms with E-state index in [1.165, 1.54) is 5.41 Å². The van der Waals surface area contributed by atoms with E-state index in [0.29, 0.717) is 18.0 Å². The molecule has 0 spiro atoms. The third-order valence-electron chi connectivity index (χ3n) is 3.69. The zero-order valence-corrected chi connectivity index (χ0v) is 11.6. The maximum Gasteiger partial charge on any atom is 0.173 e. The summed E-state index contributed by atoms with van der Waals surface area (Å²) in [6.45, 7) is 8.41. The summed E-state index contributed by atoms with van der Waals surface area (Å²) >= 11 is 0. The van der Waals surface area contributed by atoms with Crippen LogP contribution in [-0.2, 0) is 9.84 Å². The molecule has 5 heteroatoms. The minimum absolute atomic E-state index is 0.0666. The van der Waals surface area contributed by atoms with Crippen molar-refractivity contribution in [3.8, 4) is 0 Å². The van der Waals surface area contributed by atoms with Crippen LogP contribution in [0.1, 0.15) is 20.8 Å². The van der Waals surface area contributed by atoms with Gasteiger partial charge in [0.25, 0.3) is 0 Å². The van der Waals surface area contributed by atoms with E-state index in [0.717, 1.165) is 13.1 Å². The van der Waals surface area contributed by atoms with E-state index in [1.54, 1.807) is 0 Å². The maximum absolute atomic E-state index is 11.5. The molecule has 0 saturated carbocycles. The van der Waals surface area contributed by atoms with Gasteiger partial charge in [-0.05, 0) is 12.8 Å². The number of rotatable bonds is 2. The van der Waals surface area contributed by atoms with E-state index < -0.39 is 9.84 Å². The monoisotopic (exact) mass is 258 g/mol. The lowest BCUT2D eigenvalue weighted by atomic mass is 9.97. The molecule has 2 aliphatic rings. The molecule has 3 unspecified atom stereocenters. The van der Waals surface area contributed by atoms with Crippen molar-refractivity contribution in [2.75, 3.05) is 18.8 Å². The Bertz CT molecular complexity index is 403. The Labute approximate surface area is 104 Å². The second kappa shape index (κ2) is 4.71. The lowest BCUT2D eigenvalue weighted by molar-refractivity contribution is 0.0854. The van der Waals surface area contributed by atoms with Crippen molar-refractivity contribution >= 4 is 9.84 Å². The Morgan fingerprint density at radius 2 is 2.12 bits per heavy atom. The van der Waals surface area contributed by atoms with Crippen LogP contribution >= 0.6 is 0 Å². The quantitative estimate of drug-likeness (QED) is 0.789. The zero-order valence-electron chi connectivity index (χ0n) is 10.8. The Kier molecular flexibility index (Phi) is 3.61. The highest BCUT2D eigenvalue weighted by Crippen LogP contribution is 2.23. The van der Waals surface area contributed by atoms with Gasteiger partial charge in [-0.3, -0.25) is 4.90 Å². The topological polar surface area (TPSA) is 49.4 Å². The van der Waals surface area contributed by atoms with Gasteiger partial charge in [0.2, 0.25) is 0 Å². The molecule has 2 rings (SSSR count). The molecular weight excluding hydrogens is 236 g/mol. The highest BCUT2D eigenvalue weighted by Gasteiger charge is 2.35. The first-order valence-electron chi connectivity index (χ1n) is 6.29. The number of nitrogens with zero attached hydrogens (tertiary/aromatic N) is 1.